The average molecular weight is 362 g/mol. The molecule has 6 aliphatic rings. The fourth-order valence-corrected chi connectivity index (χ4v) is 7.48. The maximum atomic E-state index is 12.7. The van der Waals surface area contributed by atoms with Gasteiger partial charge in [0.25, 0.3) is 0 Å². The Morgan fingerprint density at radius 1 is 0.962 bits per heavy atom. The van der Waals surface area contributed by atoms with E-state index >= 15 is 0 Å². The minimum absolute atomic E-state index is 0.116. The summed E-state index contributed by atoms with van der Waals surface area (Å²) in [6.45, 7) is 2.94. The molecule has 0 aromatic rings. The lowest BCUT2D eigenvalue weighted by atomic mass is 9.52. The van der Waals surface area contributed by atoms with Crippen LogP contribution in [0.1, 0.15) is 84.0 Å². The fraction of sp³-hybridized carbons (Fsp3) is 0.955. The van der Waals surface area contributed by atoms with Crippen LogP contribution in [0.3, 0.4) is 0 Å². The van der Waals surface area contributed by atoms with E-state index < -0.39 is 5.60 Å². The van der Waals surface area contributed by atoms with Gasteiger partial charge in [0.15, 0.2) is 0 Å². The van der Waals surface area contributed by atoms with Crippen LogP contribution in [-0.4, -0.2) is 23.7 Å². The Kier molecular flexibility index (Phi) is 4.36. The molecule has 5 saturated carbocycles. The zero-order valence-corrected chi connectivity index (χ0v) is 16.3. The molecule has 4 nitrogen and oxygen atoms in total. The van der Waals surface area contributed by atoms with Crippen LogP contribution in [-0.2, 0) is 14.6 Å². The molecule has 1 atom stereocenters. The van der Waals surface area contributed by atoms with Gasteiger partial charge in [0.1, 0.15) is 11.2 Å². The van der Waals surface area contributed by atoms with Crippen LogP contribution in [0.5, 0.6) is 0 Å². The zero-order chi connectivity index (χ0) is 17.8. The molecule has 4 heteroatoms. The first-order valence-electron chi connectivity index (χ1n) is 11.2. The number of nitrogens with one attached hydrogen (secondary N) is 1. The van der Waals surface area contributed by atoms with Crippen LogP contribution in [0.2, 0.25) is 0 Å². The molecule has 1 amide bonds. The monoisotopic (exact) mass is 361 g/mol. The summed E-state index contributed by atoms with van der Waals surface area (Å²) in [6.07, 6.45) is 14.4. The van der Waals surface area contributed by atoms with Crippen molar-refractivity contribution < 1.29 is 14.6 Å². The first-order valence-corrected chi connectivity index (χ1v) is 11.2. The third kappa shape index (κ3) is 3.22. The summed E-state index contributed by atoms with van der Waals surface area (Å²) >= 11 is 0. The average Bonchev–Trinajstić information content (AvgIpc) is 2.90. The molecule has 1 unspecified atom stereocenters. The highest BCUT2D eigenvalue weighted by Crippen LogP contribution is 2.56. The van der Waals surface area contributed by atoms with Gasteiger partial charge in [-0.3, -0.25) is 4.79 Å². The fourth-order valence-electron chi connectivity index (χ4n) is 7.48. The highest BCUT2D eigenvalue weighted by Gasteiger charge is 2.51. The molecule has 6 rings (SSSR count). The molecule has 146 valence electrons. The van der Waals surface area contributed by atoms with Crippen molar-refractivity contribution in [3.8, 4) is 0 Å². The van der Waals surface area contributed by atoms with Crippen molar-refractivity contribution in [2.45, 2.75) is 95.2 Å². The van der Waals surface area contributed by atoms with Crippen molar-refractivity contribution in [2.75, 3.05) is 6.54 Å². The predicted molar refractivity (Wildman–Crippen MR) is 99.2 cm³/mol. The van der Waals surface area contributed by atoms with Gasteiger partial charge < -0.3 is 5.32 Å². The van der Waals surface area contributed by atoms with Gasteiger partial charge in [-0.25, -0.2) is 9.78 Å². The van der Waals surface area contributed by atoms with E-state index in [4.69, 9.17) is 9.78 Å². The van der Waals surface area contributed by atoms with Crippen LogP contribution in [0.4, 0.5) is 0 Å². The van der Waals surface area contributed by atoms with Crippen molar-refractivity contribution in [3.63, 3.8) is 0 Å². The lowest BCUT2D eigenvalue weighted by molar-refractivity contribution is -0.351. The van der Waals surface area contributed by atoms with Crippen LogP contribution in [0.15, 0.2) is 0 Å². The third-order valence-electron chi connectivity index (χ3n) is 8.37. The predicted octanol–water partition coefficient (Wildman–Crippen LogP) is 4.38. The second-order valence-electron chi connectivity index (χ2n) is 10.6. The van der Waals surface area contributed by atoms with Gasteiger partial charge in [0.05, 0.1) is 6.42 Å². The van der Waals surface area contributed by atoms with Gasteiger partial charge in [-0.05, 0) is 81.5 Å². The summed E-state index contributed by atoms with van der Waals surface area (Å²) in [5.41, 5.74) is -0.569. The molecular weight excluding hydrogens is 326 g/mol. The van der Waals surface area contributed by atoms with E-state index in [2.05, 4.69) is 12.2 Å². The Bertz CT molecular complexity index is 528. The number of rotatable bonds is 4. The van der Waals surface area contributed by atoms with Gasteiger partial charge in [-0.15, -0.1) is 0 Å². The van der Waals surface area contributed by atoms with Crippen molar-refractivity contribution in [3.05, 3.63) is 0 Å². The van der Waals surface area contributed by atoms with E-state index in [-0.39, 0.29) is 11.5 Å². The molecular formula is C22H35NO3. The van der Waals surface area contributed by atoms with E-state index in [1.165, 1.54) is 51.4 Å². The molecule has 4 bridgehead atoms. The molecule has 0 radical (unpaired) electrons. The Morgan fingerprint density at radius 2 is 1.62 bits per heavy atom. The number of amides is 1. The van der Waals surface area contributed by atoms with Crippen molar-refractivity contribution >= 4 is 5.91 Å². The van der Waals surface area contributed by atoms with Crippen LogP contribution >= 0.6 is 0 Å². The normalized spacial score (nSPS) is 46.0. The van der Waals surface area contributed by atoms with Gasteiger partial charge >= 0.3 is 0 Å². The van der Waals surface area contributed by atoms with E-state index in [1.807, 2.05) is 0 Å². The van der Waals surface area contributed by atoms with E-state index in [1.54, 1.807) is 0 Å². The Morgan fingerprint density at radius 3 is 2.27 bits per heavy atom. The molecule has 0 aromatic carbocycles. The third-order valence-corrected chi connectivity index (χ3v) is 8.37. The smallest absolute Gasteiger partial charge is 0.223 e. The number of carbonyl (C=O) groups excluding carboxylic acids is 1. The van der Waals surface area contributed by atoms with E-state index in [9.17, 15) is 4.79 Å². The Labute approximate surface area is 157 Å². The zero-order valence-electron chi connectivity index (χ0n) is 16.3. The van der Waals surface area contributed by atoms with Gasteiger partial charge in [-0.2, -0.15) is 0 Å². The van der Waals surface area contributed by atoms with Crippen LogP contribution < -0.4 is 5.32 Å². The summed E-state index contributed by atoms with van der Waals surface area (Å²) in [5.74, 6) is 4.62. The summed E-state index contributed by atoms with van der Waals surface area (Å²) in [5, 5.41) is 3.28. The molecule has 6 fully saturated rings. The molecule has 26 heavy (non-hydrogen) atoms. The summed E-state index contributed by atoms with van der Waals surface area (Å²) < 4.78 is 0. The molecule has 1 saturated heterocycles. The standard InChI is InChI=1S/C22H35NO3/c1-21(14-22(26-25-21)5-3-2-4-6-22)12-20(24)23-13-19-17-8-15-7-16(10-17)11-18(19)9-15/h15-19H,2-14H2,1H3,(H,23,24). The topological polar surface area (TPSA) is 47.6 Å². The maximum Gasteiger partial charge on any atom is 0.223 e. The van der Waals surface area contributed by atoms with Gasteiger partial charge in [0.2, 0.25) is 5.91 Å². The molecule has 1 aliphatic heterocycles. The molecule has 1 N–H and O–H groups in total. The number of hydrogen-bond donors (Lipinski definition) is 1. The second kappa shape index (κ2) is 6.48. The Balaban J connectivity index is 1.13. The molecule has 1 spiro atoms. The van der Waals surface area contributed by atoms with Crippen LogP contribution in [0, 0.1) is 29.6 Å². The summed E-state index contributed by atoms with van der Waals surface area (Å²) in [4.78, 5) is 24.2. The minimum atomic E-state index is -0.453. The largest absolute Gasteiger partial charge is 0.356 e. The number of carbonyl (C=O) groups is 1. The highest BCUT2D eigenvalue weighted by atomic mass is 17.2. The minimum Gasteiger partial charge on any atom is -0.356 e. The van der Waals surface area contributed by atoms with Gasteiger partial charge in [0, 0.05) is 13.0 Å². The lowest BCUT2D eigenvalue weighted by Gasteiger charge is -2.54. The Hall–Kier alpha value is -0.610. The first-order chi connectivity index (χ1) is 12.5. The van der Waals surface area contributed by atoms with Crippen molar-refractivity contribution in [2.24, 2.45) is 29.6 Å². The molecule has 0 aromatic heterocycles. The van der Waals surface area contributed by atoms with E-state index in [0.717, 1.165) is 55.4 Å². The highest BCUT2D eigenvalue weighted by molar-refractivity contribution is 5.77. The number of hydrogen-bond acceptors (Lipinski definition) is 3. The summed E-state index contributed by atoms with van der Waals surface area (Å²) in [6, 6.07) is 0. The SMILES string of the molecule is CC1(CC(=O)NCC2C3CC4CC(C3)CC2C4)CC2(CCCCC2)OO1. The van der Waals surface area contributed by atoms with Crippen molar-refractivity contribution in [1.29, 1.82) is 0 Å². The second-order valence-corrected chi connectivity index (χ2v) is 10.6. The van der Waals surface area contributed by atoms with Gasteiger partial charge in [-0.1, -0.05) is 19.3 Å². The van der Waals surface area contributed by atoms with E-state index in [0.29, 0.717) is 6.42 Å². The summed E-state index contributed by atoms with van der Waals surface area (Å²) in [7, 11) is 0. The van der Waals surface area contributed by atoms with Crippen LogP contribution in [0.25, 0.3) is 0 Å². The molecule has 1 heterocycles. The lowest BCUT2D eigenvalue weighted by Crippen LogP contribution is -2.49. The first kappa shape index (κ1) is 17.5. The maximum absolute atomic E-state index is 12.7. The molecule has 5 aliphatic carbocycles. The van der Waals surface area contributed by atoms with Crippen molar-refractivity contribution in [1.82, 2.24) is 5.32 Å². The quantitative estimate of drug-likeness (QED) is 0.756.